The first-order valence-corrected chi connectivity index (χ1v) is 7.75. The standard InChI is InChI=1S/C17H25N3/c1-15(17-8-6-16(14-18)7-9-17)19-10-13-20-11-4-2-3-5-12-20/h6-9,15,19H,2-5,10-13H2,1H3. The van der Waals surface area contributed by atoms with Crippen molar-refractivity contribution in [2.45, 2.75) is 38.6 Å². The molecule has 3 heteroatoms. The molecule has 1 aromatic carbocycles. The summed E-state index contributed by atoms with van der Waals surface area (Å²) in [6.07, 6.45) is 5.49. The van der Waals surface area contributed by atoms with Gasteiger partial charge in [-0.1, -0.05) is 25.0 Å². The van der Waals surface area contributed by atoms with E-state index in [0.717, 1.165) is 18.7 Å². The van der Waals surface area contributed by atoms with Gasteiger partial charge in [0.1, 0.15) is 0 Å². The Hall–Kier alpha value is -1.37. The molecule has 1 heterocycles. The zero-order chi connectivity index (χ0) is 14.2. The summed E-state index contributed by atoms with van der Waals surface area (Å²) in [4.78, 5) is 2.57. The molecule has 0 aliphatic carbocycles. The summed E-state index contributed by atoms with van der Waals surface area (Å²) in [5.74, 6) is 0. The minimum atomic E-state index is 0.342. The van der Waals surface area contributed by atoms with Crippen molar-refractivity contribution in [3.8, 4) is 6.07 Å². The Kier molecular flexibility index (Phi) is 6.04. The van der Waals surface area contributed by atoms with Crippen molar-refractivity contribution in [2.24, 2.45) is 0 Å². The molecule has 1 unspecified atom stereocenters. The van der Waals surface area contributed by atoms with Crippen LogP contribution in [0.15, 0.2) is 24.3 Å². The molecule has 0 bridgehead atoms. The maximum atomic E-state index is 8.80. The summed E-state index contributed by atoms with van der Waals surface area (Å²) in [7, 11) is 0. The van der Waals surface area contributed by atoms with Crippen LogP contribution in [0.5, 0.6) is 0 Å². The normalized spacial score (nSPS) is 18.2. The summed E-state index contributed by atoms with van der Waals surface area (Å²) in [6.45, 7) is 6.87. The lowest BCUT2D eigenvalue weighted by molar-refractivity contribution is 0.280. The number of nitrogens with zero attached hydrogens (tertiary/aromatic N) is 2. The number of hydrogen-bond acceptors (Lipinski definition) is 3. The van der Waals surface area contributed by atoms with Gasteiger partial charge in [-0.2, -0.15) is 5.26 Å². The van der Waals surface area contributed by atoms with Crippen LogP contribution in [-0.2, 0) is 0 Å². The summed E-state index contributed by atoms with van der Waals surface area (Å²) in [6, 6.07) is 10.4. The van der Waals surface area contributed by atoms with Crippen LogP contribution in [0.4, 0.5) is 0 Å². The number of nitrogens with one attached hydrogen (secondary N) is 1. The van der Waals surface area contributed by atoms with Crippen LogP contribution >= 0.6 is 0 Å². The first-order valence-electron chi connectivity index (χ1n) is 7.75. The molecule has 0 radical (unpaired) electrons. The molecule has 1 N–H and O–H groups in total. The molecular weight excluding hydrogens is 246 g/mol. The molecule has 108 valence electrons. The molecule has 1 aromatic rings. The van der Waals surface area contributed by atoms with E-state index >= 15 is 0 Å². The Bertz CT molecular complexity index is 425. The van der Waals surface area contributed by atoms with Gasteiger partial charge in [-0.3, -0.25) is 0 Å². The van der Waals surface area contributed by atoms with Crippen molar-refractivity contribution in [2.75, 3.05) is 26.2 Å². The van der Waals surface area contributed by atoms with E-state index in [1.807, 2.05) is 24.3 Å². The van der Waals surface area contributed by atoms with Gasteiger partial charge in [-0.15, -0.1) is 0 Å². The maximum Gasteiger partial charge on any atom is 0.0991 e. The summed E-state index contributed by atoms with van der Waals surface area (Å²) < 4.78 is 0. The van der Waals surface area contributed by atoms with Crippen molar-refractivity contribution in [3.63, 3.8) is 0 Å². The lowest BCUT2D eigenvalue weighted by Crippen LogP contribution is -2.33. The average molecular weight is 271 g/mol. The van der Waals surface area contributed by atoms with Gasteiger partial charge in [0.25, 0.3) is 0 Å². The van der Waals surface area contributed by atoms with Crippen LogP contribution in [0.25, 0.3) is 0 Å². The van der Waals surface area contributed by atoms with Crippen LogP contribution in [0.1, 0.15) is 49.8 Å². The van der Waals surface area contributed by atoms with E-state index in [0.29, 0.717) is 6.04 Å². The predicted octanol–water partition coefficient (Wildman–Crippen LogP) is 3.08. The SMILES string of the molecule is CC(NCCN1CCCCCC1)c1ccc(C#N)cc1. The van der Waals surface area contributed by atoms with Crippen molar-refractivity contribution in [3.05, 3.63) is 35.4 Å². The molecule has 1 aliphatic heterocycles. The molecule has 0 amide bonds. The van der Waals surface area contributed by atoms with Gasteiger partial charge in [0.15, 0.2) is 0 Å². The second kappa shape index (κ2) is 8.04. The van der Waals surface area contributed by atoms with E-state index in [9.17, 15) is 0 Å². The number of rotatable bonds is 5. The Morgan fingerprint density at radius 3 is 2.40 bits per heavy atom. The summed E-state index contributed by atoms with van der Waals surface area (Å²) in [5.41, 5.74) is 1.98. The highest BCUT2D eigenvalue weighted by molar-refractivity contribution is 5.32. The molecule has 2 rings (SSSR count). The second-order valence-electron chi connectivity index (χ2n) is 5.67. The minimum absolute atomic E-state index is 0.342. The Balaban J connectivity index is 1.73. The highest BCUT2D eigenvalue weighted by Crippen LogP contribution is 2.13. The van der Waals surface area contributed by atoms with Gasteiger partial charge < -0.3 is 10.2 Å². The Morgan fingerprint density at radius 1 is 1.15 bits per heavy atom. The highest BCUT2D eigenvalue weighted by Gasteiger charge is 2.09. The lowest BCUT2D eigenvalue weighted by Gasteiger charge is -2.21. The summed E-state index contributed by atoms with van der Waals surface area (Å²) in [5, 5.41) is 12.4. The molecule has 1 saturated heterocycles. The molecule has 0 spiro atoms. The van der Waals surface area contributed by atoms with Gasteiger partial charge in [-0.05, 0) is 50.6 Å². The van der Waals surface area contributed by atoms with Crippen LogP contribution in [-0.4, -0.2) is 31.1 Å². The predicted molar refractivity (Wildman–Crippen MR) is 82.5 cm³/mol. The third-order valence-corrected chi connectivity index (χ3v) is 4.12. The second-order valence-corrected chi connectivity index (χ2v) is 5.67. The van der Waals surface area contributed by atoms with Gasteiger partial charge in [0, 0.05) is 19.1 Å². The first-order chi connectivity index (χ1) is 9.79. The Morgan fingerprint density at radius 2 is 1.80 bits per heavy atom. The third kappa shape index (κ3) is 4.63. The van der Waals surface area contributed by atoms with Gasteiger partial charge in [0.2, 0.25) is 0 Å². The van der Waals surface area contributed by atoms with E-state index in [1.165, 1.54) is 44.3 Å². The van der Waals surface area contributed by atoms with Gasteiger partial charge in [0.05, 0.1) is 11.6 Å². The molecule has 0 aromatic heterocycles. The minimum Gasteiger partial charge on any atom is -0.309 e. The molecule has 1 aliphatic rings. The van der Waals surface area contributed by atoms with E-state index < -0.39 is 0 Å². The lowest BCUT2D eigenvalue weighted by atomic mass is 10.1. The van der Waals surface area contributed by atoms with E-state index in [1.54, 1.807) is 0 Å². The highest BCUT2D eigenvalue weighted by atomic mass is 15.1. The van der Waals surface area contributed by atoms with Gasteiger partial charge in [-0.25, -0.2) is 0 Å². The van der Waals surface area contributed by atoms with Crippen LogP contribution in [0.2, 0.25) is 0 Å². The van der Waals surface area contributed by atoms with Crippen molar-refractivity contribution in [1.29, 1.82) is 5.26 Å². The quantitative estimate of drug-likeness (QED) is 0.894. The van der Waals surface area contributed by atoms with E-state index in [4.69, 9.17) is 5.26 Å². The van der Waals surface area contributed by atoms with Crippen LogP contribution < -0.4 is 5.32 Å². The van der Waals surface area contributed by atoms with Crippen LogP contribution in [0.3, 0.4) is 0 Å². The first kappa shape index (κ1) is 15.0. The molecule has 0 saturated carbocycles. The molecule has 3 nitrogen and oxygen atoms in total. The Labute approximate surface area is 122 Å². The fourth-order valence-corrected chi connectivity index (χ4v) is 2.76. The number of benzene rings is 1. The zero-order valence-corrected chi connectivity index (χ0v) is 12.4. The topological polar surface area (TPSA) is 39.1 Å². The van der Waals surface area contributed by atoms with Crippen LogP contribution in [0, 0.1) is 11.3 Å². The smallest absolute Gasteiger partial charge is 0.0991 e. The summed E-state index contributed by atoms with van der Waals surface area (Å²) >= 11 is 0. The molecular formula is C17H25N3. The monoisotopic (exact) mass is 271 g/mol. The van der Waals surface area contributed by atoms with Crippen molar-refractivity contribution in [1.82, 2.24) is 10.2 Å². The maximum absolute atomic E-state index is 8.80. The molecule has 20 heavy (non-hydrogen) atoms. The zero-order valence-electron chi connectivity index (χ0n) is 12.4. The number of nitriles is 1. The van der Waals surface area contributed by atoms with E-state index in [-0.39, 0.29) is 0 Å². The van der Waals surface area contributed by atoms with E-state index in [2.05, 4.69) is 23.2 Å². The largest absolute Gasteiger partial charge is 0.309 e. The van der Waals surface area contributed by atoms with Crippen molar-refractivity contribution < 1.29 is 0 Å². The molecule has 1 atom stereocenters. The average Bonchev–Trinajstić information content (AvgIpc) is 2.76. The fourth-order valence-electron chi connectivity index (χ4n) is 2.76. The molecule has 1 fully saturated rings. The number of hydrogen-bond donors (Lipinski definition) is 1. The number of likely N-dealkylation sites (tertiary alicyclic amines) is 1. The van der Waals surface area contributed by atoms with Crippen molar-refractivity contribution >= 4 is 0 Å². The van der Waals surface area contributed by atoms with Gasteiger partial charge >= 0.3 is 0 Å². The third-order valence-electron chi connectivity index (χ3n) is 4.12. The fraction of sp³-hybridized carbons (Fsp3) is 0.588.